The summed E-state index contributed by atoms with van der Waals surface area (Å²) in [6.45, 7) is 9.13. The van der Waals surface area contributed by atoms with Crippen LogP contribution in [0.3, 0.4) is 0 Å². The topological polar surface area (TPSA) is 36.6 Å². The zero-order chi connectivity index (χ0) is 23.3. The first-order valence-electron chi connectivity index (χ1n) is 14.5. The first-order chi connectivity index (χ1) is 16.5. The lowest BCUT2D eigenvalue weighted by atomic mass is 9.44. The standard InChI is InChI=1S/C30H47NO2S/c1-29-11-9-27-24(26(29)8-7-25(29)21-10-15-33-19-21)6-5-23-17-28(32)22(18-30(23,27)2)20-34-16-14-31-12-3-4-13-31/h10,15,19,22-28,32H,3-9,11-14,16-18,20H2,1-2H3/t22?,23?,24-,25?,26-,27+,28?,29+,30-/m0/s1. The van der Waals surface area contributed by atoms with Gasteiger partial charge in [-0.05, 0) is 141 Å². The molecule has 4 heteroatoms. The van der Waals surface area contributed by atoms with E-state index < -0.39 is 0 Å². The molecular formula is C30H47NO2S. The largest absolute Gasteiger partial charge is 0.472 e. The third-order valence-electron chi connectivity index (χ3n) is 11.9. The van der Waals surface area contributed by atoms with Crippen molar-refractivity contribution in [1.82, 2.24) is 4.90 Å². The molecule has 5 fully saturated rings. The Morgan fingerprint density at radius 1 is 1.06 bits per heavy atom. The Balaban J connectivity index is 1.13. The lowest BCUT2D eigenvalue weighted by Gasteiger charge is -2.62. The lowest BCUT2D eigenvalue weighted by Crippen LogP contribution is -2.55. The van der Waals surface area contributed by atoms with Crippen molar-refractivity contribution in [3.05, 3.63) is 24.2 Å². The van der Waals surface area contributed by atoms with Gasteiger partial charge in [-0.3, -0.25) is 0 Å². The number of hydrogen-bond donors (Lipinski definition) is 1. The van der Waals surface area contributed by atoms with Crippen LogP contribution in [0.1, 0.15) is 89.5 Å². The van der Waals surface area contributed by atoms with Crippen LogP contribution in [0.4, 0.5) is 0 Å². The van der Waals surface area contributed by atoms with Crippen LogP contribution in [0.15, 0.2) is 23.0 Å². The van der Waals surface area contributed by atoms with Gasteiger partial charge in [0.1, 0.15) is 0 Å². The minimum atomic E-state index is -0.0697. The summed E-state index contributed by atoms with van der Waals surface area (Å²) in [5.74, 6) is 6.99. The molecular weight excluding hydrogens is 438 g/mol. The van der Waals surface area contributed by atoms with E-state index in [1.165, 1.54) is 94.5 Å². The highest BCUT2D eigenvalue weighted by atomic mass is 32.2. The Hall–Kier alpha value is -0.450. The monoisotopic (exact) mass is 485 g/mol. The third kappa shape index (κ3) is 4.02. The van der Waals surface area contributed by atoms with Crippen LogP contribution in [-0.4, -0.2) is 47.3 Å². The Bertz CT molecular complexity index is 822. The molecule has 1 saturated heterocycles. The van der Waals surface area contributed by atoms with Crippen LogP contribution in [0.25, 0.3) is 0 Å². The summed E-state index contributed by atoms with van der Waals surface area (Å²) in [6, 6.07) is 2.23. The quantitative estimate of drug-likeness (QED) is 0.448. The normalized spacial score (nSPS) is 46.7. The van der Waals surface area contributed by atoms with Gasteiger partial charge in [0.15, 0.2) is 0 Å². The summed E-state index contributed by atoms with van der Waals surface area (Å²) in [7, 11) is 0. The number of fused-ring (bicyclic) bond motifs is 5. The average Bonchev–Trinajstić information content (AvgIpc) is 3.58. The van der Waals surface area contributed by atoms with Gasteiger partial charge in [0.2, 0.25) is 0 Å². The van der Waals surface area contributed by atoms with Crippen molar-refractivity contribution in [2.24, 2.45) is 40.4 Å². The molecule has 0 bridgehead atoms. The number of hydrogen-bond acceptors (Lipinski definition) is 4. The summed E-state index contributed by atoms with van der Waals surface area (Å²) in [4.78, 5) is 2.63. The minimum absolute atomic E-state index is 0.0697. The van der Waals surface area contributed by atoms with E-state index in [-0.39, 0.29) is 6.10 Å². The lowest BCUT2D eigenvalue weighted by molar-refractivity contribution is -0.136. The van der Waals surface area contributed by atoms with Gasteiger partial charge in [-0.1, -0.05) is 13.8 Å². The molecule has 1 aliphatic heterocycles. The summed E-state index contributed by atoms with van der Waals surface area (Å²) in [5, 5.41) is 11.1. The molecule has 6 rings (SSSR count). The molecule has 190 valence electrons. The van der Waals surface area contributed by atoms with E-state index in [1.807, 2.05) is 12.5 Å². The van der Waals surface area contributed by atoms with Crippen molar-refractivity contribution in [2.45, 2.75) is 90.1 Å². The number of rotatable bonds is 6. The molecule has 1 aromatic rings. The third-order valence-corrected chi connectivity index (χ3v) is 13.0. The van der Waals surface area contributed by atoms with E-state index in [0.717, 1.165) is 30.1 Å². The number of furan rings is 1. The van der Waals surface area contributed by atoms with Crippen LogP contribution < -0.4 is 0 Å². The molecule has 5 aliphatic rings. The molecule has 0 spiro atoms. The summed E-state index contributed by atoms with van der Waals surface area (Å²) in [5.41, 5.74) is 2.35. The second-order valence-electron chi connectivity index (χ2n) is 13.3. The predicted molar refractivity (Wildman–Crippen MR) is 141 cm³/mol. The fourth-order valence-corrected chi connectivity index (χ4v) is 11.2. The van der Waals surface area contributed by atoms with Crippen molar-refractivity contribution >= 4 is 11.8 Å². The van der Waals surface area contributed by atoms with Crippen LogP contribution in [-0.2, 0) is 0 Å². The fourth-order valence-electron chi connectivity index (χ4n) is 10.1. The smallest absolute Gasteiger partial charge is 0.0937 e. The molecule has 3 nitrogen and oxygen atoms in total. The maximum atomic E-state index is 11.1. The van der Waals surface area contributed by atoms with Gasteiger partial charge >= 0.3 is 0 Å². The van der Waals surface area contributed by atoms with Gasteiger partial charge in [-0.15, -0.1) is 0 Å². The highest BCUT2D eigenvalue weighted by molar-refractivity contribution is 7.99. The Morgan fingerprint density at radius 3 is 2.68 bits per heavy atom. The van der Waals surface area contributed by atoms with Gasteiger partial charge in [0.25, 0.3) is 0 Å². The zero-order valence-corrected chi connectivity index (χ0v) is 22.4. The summed E-state index contributed by atoms with van der Waals surface area (Å²) < 4.78 is 5.51. The van der Waals surface area contributed by atoms with E-state index in [2.05, 4.69) is 36.6 Å². The van der Waals surface area contributed by atoms with Crippen molar-refractivity contribution in [3.63, 3.8) is 0 Å². The SMILES string of the molecule is C[C@]12CC(CSCCN3CCCC3)C(O)CC1CC[C@@H]1[C@H]2CC[C@]2(C)C(c3ccoc3)CC[C@@H]12. The maximum Gasteiger partial charge on any atom is 0.0937 e. The number of aliphatic hydroxyl groups excluding tert-OH is 1. The predicted octanol–water partition coefficient (Wildman–Crippen LogP) is 6.82. The highest BCUT2D eigenvalue weighted by Gasteiger charge is 2.61. The van der Waals surface area contributed by atoms with E-state index in [0.29, 0.717) is 22.7 Å². The van der Waals surface area contributed by atoms with E-state index in [4.69, 9.17) is 4.42 Å². The first-order valence-corrected chi connectivity index (χ1v) is 15.6. The molecule has 4 saturated carbocycles. The van der Waals surface area contributed by atoms with Gasteiger partial charge in [-0.2, -0.15) is 11.8 Å². The van der Waals surface area contributed by atoms with Crippen LogP contribution in [0.2, 0.25) is 0 Å². The molecule has 4 aliphatic carbocycles. The Labute approximate surface area is 211 Å². The van der Waals surface area contributed by atoms with Crippen molar-refractivity contribution < 1.29 is 9.52 Å². The number of aliphatic hydroxyl groups is 1. The van der Waals surface area contributed by atoms with Crippen LogP contribution in [0.5, 0.6) is 0 Å². The first kappa shape index (κ1) is 23.9. The van der Waals surface area contributed by atoms with E-state index >= 15 is 0 Å². The second kappa shape index (κ2) is 9.45. The van der Waals surface area contributed by atoms with E-state index in [1.54, 1.807) is 0 Å². The van der Waals surface area contributed by atoms with E-state index in [9.17, 15) is 5.11 Å². The second-order valence-corrected chi connectivity index (χ2v) is 14.4. The average molecular weight is 486 g/mol. The number of nitrogens with zero attached hydrogens (tertiary/aromatic N) is 1. The van der Waals surface area contributed by atoms with Gasteiger partial charge < -0.3 is 14.4 Å². The molecule has 1 aromatic heterocycles. The van der Waals surface area contributed by atoms with Gasteiger partial charge in [-0.25, -0.2) is 0 Å². The molecule has 9 atom stereocenters. The Kier molecular flexibility index (Phi) is 6.65. The van der Waals surface area contributed by atoms with Gasteiger partial charge in [0.05, 0.1) is 18.6 Å². The number of thioether (sulfide) groups is 1. The molecule has 34 heavy (non-hydrogen) atoms. The molecule has 2 heterocycles. The highest BCUT2D eigenvalue weighted by Crippen LogP contribution is 2.69. The van der Waals surface area contributed by atoms with Crippen LogP contribution in [0, 0.1) is 40.4 Å². The maximum absolute atomic E-state index is 11.1. The molecule has 0 amide bonds. The number of likely N-dealkylation sites (tertiary alicyclic amines) is 1. The summed E-state index contributed by atoms with van der Waals surface area (Å²) in [6.07, 6.45) is 17.2. The summed E-state index contributed by atoms with van der Waals surface area (Å²) >= 11 is 2.12. The molecule has 0 radical (unpaired) electrons. The van der Waals surface area contributed by atoms with Crippen molar-refractivity contribution in [2.75, 3.05) is 31.1 Å². The van der Waals surface area contributed by atoms with Crippen molar-refractivity contribution in [3.8, 4) is 0 Å². The van der Waals surface area contributed by atoms with Crippen LogP contribution >= 0.6 is 11.8 Å². The minimum Gasteiger partial charge on any atom is -0.472 e. The fraction of sp³-hybridized carbons (Fsp3) is 0.867. The van der Waals surface area contributed by atoms with Crippen molar-refractivity contribution in [1.29, 1.82) is 0 Å². The molecule has 4 unspecified atom stereocenters. The Morgan fingerprint density at radius 2 is 1.88 bits per heavy atom. The molecule has 1 N–H and O–H groups in total. The van der Waals surface area contributed by atoms with Gasteiger partial charge in [0, 0.05) is 12.3 Å². The zero-order valence-electron chi connectivity index (χ0n) is 21.6. The molecule has 0 aromatic carbocycles.